The predicted octanol–water partition coefficient (Wildman–Crippen LogP) is -0.456. The molecule has 0 radical (unpaired) electrons. The Balaban J connectivity index is 6.28. The molecular formula is C64H115N15O17. The van der Waals surface area contributed by atoms with Crippen molar-refractivity contribution in [3.8, 4) is 0 Å². The number of nitrogens with one attached hydrogen (secondary N) is 11. The first-order valence-electron chi connectivity index (χ1n) is 34.1. The highest BCUT2D eigenvalue weighted by Crippen LogP contribution is 2.16. The third-order valence-corrected chi connectivity index (χ3v) is 16.1. The van der Waals surface area contributed by atoms with Crippen molar-refractivity contribution in [3.05, 3.63) is 0 Å². The zero-order valence-corrected chi connectivity index (χ0v) is 57.6. The number of carbonyl (C=O) groups excluding carboxylic acids is 13. The molecule has 0 heterocycles. The van der Waals surface area contributed by atoms with Gasteiger partial charge in [0.25, 0.3) is 0 Å². The zero-order chi connectivity index (χ0) is 72.7. The van der Waals surface area contributed by atoms with Crippen LogP contribution in [0.5, 0.6) is 0 Å². The van der Waals surface area contributed by atoms with Gasteiger partial charge in [-0.1, -0.05) is 118 Å². The van der Waals surface area contributed by atoms with E-state index in [0.29, 0.717) is 45.1 Å². The van der Waals surface area contributed by atoms with Gasteiger partial charge in [0.15, 0.2) is 0 Å². The van der Waals surface area contributed by atoms with Crippen LogP contribution in [-0.4, -0.2) is 180 Å². The van der Waals surface area contributed by atoms with E-state index >= 15 is 0 Å². The number of likely N-dealkylation sites (N-methyl/N-ethyl adjacent to an activating group) is 1. The van der Waals surface area contributed by atoms with Crippen LogP contribution in [-0.2, 0) is 71.9 Å². The van der Waals surface area contributed by atoms with E-state index in [2.05, 4.69) is 65.4 Å². The lowest BCUT2D eigenvalue weighted by molar-refractivity contribution is -0.139. The molecule has 32 heteroatoms. The number of amides is 13. The summed E-state index contributed by atoms with van der Waals surface area (Å²) in [5, 5.41) is 46.3. The maximum atomic E-state index is 14.1. The predicted molar refractivity (Wildman–Crippen MR) is 357 cm³/mol. The van der Waals surface area contributed by atoms with Gasteiger partial charge < -0.3 is 91.6 Å². The summed E-state index contributed by atoms with van der Waals surface area (Å²) in [5.41, 5.74) is 22.1. The number of primary amides is 2. The number of unbranched alkanes of at least 4 members (excludes halogenated alkanes) is 14. The smallest absolute Gasteiger partial charge is 0.303 e. The van der Waals surface area contributed by atoms with E-state index in [0.717, 1.165) is 32.1 Å². The Labute approximate surface area is 564 Å². The molecule has 0 rings (SSSR count). The maximum Gasteiger partial charge on any atom is 0.303 e. The van der Waals surface area contributed by atoms with Crippen molar-refractivity contribution >= 4 is 88.7 Å². The molecule has 21 N–H and O–H groups in total. The molecule has 0 aliphatic carbocycles. The summed E-state index contributed by atoms with van der Waals surface area (Å²) in [6.45, 7) is 9.51. The van der Waals surface area contributed by atoms with Gasteiger partial charge in [-0.15, -0.1) is 0 Å². The maximum absolute atomic E-state index is 14.1. The molecule has 10 atom stereocenters. The Morgan fingerprint density at radius 2 is 0.760 bits per heavy atom. The fourth-order valence-electron chi connectivity index (χ4n) is 10.1. The minimum atomic E-state index is -1.65. The van der Waals surface area contributed by atoms with Crippen molar-refractivity contribution < 1.29 is 82.1 Å². The fraction of sp³-hybridized carbons (Fsp3) is 0.766. The molecule has 0 saturated heterocycles. The van der Waals surface area contributed by atoms with Crippen LogP contribution in [0, 0.1) is 11.8 Å². The van der Waals surface area contributed by atoms with Gasteiger partial charge in [0, 0.05) is 32.7 Å². The second-order valence-corrected chi connectivity index (χ2v) is 24.8. The van der Waals surface area contributed by atoms with E-state index in [-0.39, 0.29) is 25.8 Å². The van der Waals surface area contributed by atoms with Crippen molar-refractivity contribution in [1.82, 2.24) is 58.5 Å². The number of carboxylic acids is 2. The molecule has 13 amide bonds. The van der Waals surface area contributed by atoms with E-state index in [1.54, 1.807) is 13.8 Å². The summed E-state index contributed by atoms with van der Waals surface area (Å²) in [4.78, 5) is 197. The molecule has 32 nitrogen and oxygen atoms in total. The zero-order valence-electron chi connectivity index (χ0n) is 57.6. The van der Waals surface area contributed by atoms with Crippen molar-refractivity contribution in [3.63, 3.8) is 0 Å². The van der Waals surface area contributed by atoms with E-state index < -0.39 is 206 Å². The topological polar surface area (TPSA) is 533 Å². The Morgan fingerprint density at radius 1 is 0.365 bits per heavy atom. The number of hydrogen-bond donors (Lipinski definition) is 17. The second kappa shape index (κ2) is 51.3. The minimum Gasteiger partial charge on any atom is -0.481 e. The van der Waals surface area contributed by atoms with E-state index in [4.69, 9.17) is 22.9 Å². The van der Waals surface area contributed by atoms with Crippen LogP contribution in [0.25, 0.3) is 0 Å². The number of nitrogens with two attached hydrogens (primary N) is 4. The van der Waals surface area contributed by atoms with Gasteiger partial charge in [-0.05, 0) is 96.1 Å². The highest BCUT2D eigenvalue weighted by Gasteiger charge is 2.37. The van der Waals surface area contributed by atoms with E-state index in [9.17, 15) is 82.1 Å². The molecule has 0 aliphatic rings. The number of hydrogen-bond acceptors (Lipinski definition) is 17. The van der Waals surface area contributed by atoms with Crippen molar-refractivity contribution in [2.45, 2.75) is 276 Å². The van der Waals surface area contributed by atoms with Crippen LogP contribution in [0.3, 0.4) is 0 Å². The van der Waals surface area contributed by atoms with Gasteiger partial charge >= 0.3 is 11.9 Å². The number of rotatable bonds is 56. The highest BCUT2D eigenvalue weighted by molar-refractivity contribution is 5.99. The van der Waals surface area contributed by atoms with Crippen LogP contribution < -0.4 is 81.4 Å². The van der Waals surface area contributed by atoms with Gasteiger partial charge in [-0.25, -0.2) is 0 Å². The van der Waals surface area contributed by atoms with Gasteiger partial charge in [-0.3, -0.25) is 71.9 Å². The fourth-order valence-corrected chi connectivity index (χ4v) is 10.1. The summed E-state index contributed by atoms with van der Waals surface area (Å²) in [6.07, 6.45) is 13.0. The normalized spacial score (nSPS) is 14.2. The summed E-state index contributed by atoms with van der Waals surface area (Å²) in [6, 6.07) is -13.0. The summed E-state index contributed by atoms with van der Waals surface area (Å²) in [5.74, 6) is -15.7. The molecule has 0 saturated carbocycles. The van der Waals surface area contributed by atoms with Crippen molar-refractivity contribution in [2.24, 2.45) is 34.8 Å². The molecule has 0 fully saturated rings. The first kappa shape index (κ1) is 88.0. The number of carbonyl (C=O) groups is 15. The summed E-state index contributed by atoms with van der Waals surface area (Å²) >= 11 is 0. The Hall–Kier alpha value is -8.03. The largest absolute Gasteiger partial charge is 0.481 e. The summed E-state index contributed by atoms with van der Waals surface area (Å²) < 4.78 is 0. The van der Waals surface area contributed by atoms with E-state index in [1.807, 2.05) is 0 Å². The van der Waals surface area contributed by atoms with Gasteiger partial charge in [0.05, 0.1) is 13.0 Å². The molecule has 0 aliphatic heterocycles. The highest BCUT2D eigenvalue weighted by atomic mass is 16.4. The minimum absolute atomic E-state index is 0.0666. The van der Waals surface area contributed by atoms with Gasteiger partial charge in [-0.2, -0.15) is 0 Å². The Morgan fingerprint density at radius 3 is 1.21 bits per heavy atom. The SMILES string of the molecule is CCCCCCCCCCCCCCCC(=O)NC(CC(N)=O)C(=O)NCC(=O)N[C@H](CCC(=O)O)C(=O)N[C@H](C(=O)N[C@H](CCC(N)=O)C(=O)N[C@@H](C)C(=O)N[C@H](CCC(=O)O)C(=O)N[C@H](C(=O)N[C@H](CCCCN)C(=O)N[C@@H](CCCCN)C(=O)NC)[C@@H](C)CC)C(C)C. The molecular weight excluding hydrogens is 1250 g/mol. The molecule has 96 heavy (non-hydrogen) atoms. The first-order valence-corrected chi connectivity index (χ1v) is 34.1. The molecule has 0 bridgehead atoms. The average molecular weight is 1370 g/mol. The monoisotopic (exact) mass is 1370 g/mol. The quantitative estimate of drug-likeness (QED) is 0.0343. The van der Waals surface area contributed by atoms with Crippen molar-refractivity contribution in [1.29, 1.82) is 0 Å². The molecule has 548 valence electrons. The lowest BCUT2D eigenvalue weighted by Crippen LogP contribution is -2.61. The standard InChI is InChI=1S/C64H115N15O17/c1-8-10-11-12-13-14-15-16-17-18-19-20-21-28-50(82)73-47(37-49(68)81)58(90)70-38-51(83)72-44(30-33-52(84)85)61(93)78-54(39(3)4)63(95)77-45(29-32-48(67)80)59(91)71-41(6)56(88)74-46(31-34-53(86)87)62(94)79-55(40(5)9-2)64(96)76-43(27-23-25-36-66)60(92)75-42(57(89)69-7)26-22-24-35-65/h39-47,54-55H,8-38,65-66H2,1-7H3,(H2,67,80)(H2,68,81)(H,69,89)(H,70,90)(H,71,91)(H,72,83)(H,73,82)(H,74,88)(H,75,92)(H,76,96)(H,77,95)(H,78,93)(H,79,94)(H,84,85)(H,86,87)/t40-,41-,42-,43+,44+,45+,46+,47?,54-,55-/m0/s1. The third kappa shape index (κ3) is 39.7. The number of carboxylic acid groups (broad SMARTS) is 2. The molecule has 1 unspecified atom stereocenters. The third-order valence-electron chi connectivity index (χ3n) is 16.1. The van der Waals surface area contributed by atoms with E-state index in [1.165, 1.54) is 72.8 Å². The van der Waals surface area contributed by atoms with Crippen LogP contribution >= 0.6 is 0 Å². The lowest BCUT2D eigenvalue weighted by Gasteiger charge is -2.29. The van der Waals surface area contributed by atoms with Gasteiger partial charge in [0.2, 0.25) is 76.8 Å². The Bertz CT molecular complexity index is 2490. The Kier molecular flexibility index (Phi) is 47.0. The van der Waals surface area contributed by atoms with Crippen molar-refractivity contribution in [2.75, 3.05) is 26.7 Å². The number of aliphatic carboxylic acids is 2. The van der Waals surface area contributed by atoms with Crippen LogP contribution in [0.15, 0.2) is 0 Å². The summed E-state index contributed by atoms with van der Waals surface area (Å²) in [7, 11) is 1.41. The van der Waals surface area contributed by atoms with Crippen LogP contribution in [0.2, 0.25) is 0 Å². The first-order chi connectivity index (χ1) is 45.5. The lowest BCUT2D eigenvalue weighted by atomic mass is 9.96. The van der Waals surface area contributed by atoms with Crippen LogP contribution in [0.1, 0.15) is 221 Å². The van der Waals surface area contributed by atoms with Gasteiger partial charge in [0.1, 0.15) is 54.4 Å². The molecule has 0 aromatic carbocycles. The molecule has 0 aromatic rings. The van der Waals surface area contributed by atoms with Crippen LogP contribution in [0.4, 0.5) is 0 Å². The molecule has 0 aromatic heterocycles. The second-order valence-electron chi connectivity index (χ2n) is 24.8. The molecule has 0 spiro atoms. The average Bonchev–Trinajstić information content (AvgIpc) is 2.42.